The molecule has 4 aromatic carbocycles. The number of rotatable bonds is 2. The maximum absolute atomic E-state index is 10.2. The van der Waals surface area contributed by atoms with Crippen LogP contribution in [0.3, 0.4) is 0 Å². The molecule has 1 aliphatic rings. The molecule has 2 aromatic heterocycles. The minimum Gasteiger partial charge on any atom is -0.455 e. The standard InChI is InChI=1S/C32H20N2O/c33-20-21-10-8-18-29(34-27-16-3-1-2-11-22(27)23-12-4-6-17-28(23)34)31(21)26-15-9-14-25-24-13-5-7-19-30(24)35-32(25)26/h1-10,12-19H,11H2. The Morgan fingerprint density at radius 1 is 0.771 bits per heavy atom. The lowest BCUT2D eigenvalue weighted by atomic mass is 9.96. The number of para-hydroxylation sites is 3. The summed E-state index contributed by atoms with van der Waals surface area (Å²) in [6.45, 7) is 0. The van der Waals surface area contributed by atoms with Gasteiger partial charge in [-0.15, -0.1) is 0 Å². The van der Waals surface area contributed by atoms with Crippen molar-refractivity contribution in [2.45, 2.75) is 6.42 Å². The van der Waals surface area contributed by atoms with E-state index >= 15 is 0 Å². The van der Waals surface area contributed by atoms with Gasteiger partial charge >= 0.3 is 0 Å². The Kier molecular flexibility index (Phi) is 4.27. The normalized spacial score (nSPS) is 12.8. The molecular formula is C32H20N2O. The molecule has 2 heterocycles. The third-order valence-corrected chi connectivity index (χ3v) is 6.92. The Morgan fingerprint density at radius 3 is 2.49 bits per heavy atom. The first-order valence-corrected chi connectivity index (χ1v) is 11.7. The number of aromatic nitrogens is 1. The van der Waals surface area contributed by atoms with Gasteiger partial charge in [0.15, 0.2) is 0 Å². The van der Waals surface area contributed by atoms with Crippen LogP contribution in [0.15, 0.2) is 108 Å². The second kappa shape index (κ2) is 7.62. The second-order valence-corrected chi connectivity index (χ2v) is 8.80. The first-order chi connectivity index (χ1) is 17.3. The topological polar surface area (TPSA) is 41.9 Å². The van der Waals surface area contributed by atoms with Gasteiger partial charge in [0.05, 0.1) is 28.5 Å². The zero-order valence-electron chi connectivity index (χ0n) is 18.9. The molecule has 0 amide bonds. The number of nitriles is 1. The SMILES string of the molecule is N#Cc1cccc(-n2c3c(c4ccccc42)CC=CC=C3)c1-c1cccc2c1oc1ccccc12. The van der Waals surface area contributed by atoms with Crippen molar-refractivity contribution in [1.29, 1.82) is 5.26 Å². The van der Waals surface area contributed by atoms with Gasteiger partial charge in [-0.05, 0) is 42.3 Å². The van der Waals surface area contributed by atoms with E-state index in [9.17, 15) is 5.26 Å². The number of benzene rings is 4. The molecular weight excluding hydrogens is 428 g/mol. The summed E-state index contributed by atoms with van der Waals surface area (Å²) in [5, 5.41) is 13.6. The molecule has 0 aliphatic heterocycles. The minimum absolute atomic E-state index is 0.623. The average molecular weight is 449 g/mol. The van der Waals surface area contributed by atoms with E-state index in [0.717, 1.165) is 56.4 Å². The monoisotopic (exact) mass is 448 g/mol. The van der Waals surface area contributed by atoms with Crippen molar-refractivity contribution in [2.75, 3.05) is 0 Å². The first kappa shape index (κ1) is 19.6. The van der Waals surface area contributed by atoms with Crippen LogP contribution in [0.1, 0.15) is 16.8 Å². The number of hydrogen-bond acceptors (Lipinski definition) is 2. The van der Waals surface area contributed by atoms with E-state index in [-0.39, 0.29) is 0 Å². The summed E-state index contributed by atoms with van der Waals surface area (Å²) >= 11 is 0. The fourth-order valence-corrected chi connectivity index (χ4v) is 5.43. The molecule has 0 N–H and O–H groups in total. The van der Waals surface area contributed by atoms with Gasteiger partial charge in [0, 0.05) is 27.3 Å². The van der Waals surface area contributed by atoms with Crippen LogP contribution < -0.4 is 0 Å². The van der Waals surface area contributed by atoms with Crippen LogP contribution in [0.2, 0.25) is 0 Å². The highest BCUT2D eigenvalue weighted by Gasteiger charge is 2.22. The van der Waals surface area contributed by atoms with E-state index < -0.39 is 0 Å². The van der Waals surface area contributed by atoms with Crippen LogP contribution in [0.4, 0.5) is 0 Å². The fourth-order valence-electron chi connectivity index (χ4n) is 5.43. The highest BCUT2D eigenvalue weighted by Crippen LogP contribution is 2.42. The summed E-state index contributed by atoms with van der Waals surface area (Å²) in [7, 11) is 0. The van der Waals surface area contributed by atoms with Crippen molar-refractivity contribution in [1.82, 2.24) is 4.57 Å². The fraction of sp³-hybridized carbons (Fsp3) is 0.0312. The lowest BCUT2D eigenvalue weighted by Gasteiger charge is -2.16. The highest BCUT2D eigenvalue weighted by atomic mass is 16.3. The molecule has 0 unspecified atom stereocenters. The first-order valence-electron chi connectivity index (χ1n) is 11.7. The summed E-state index contributed by atoms with van der Waals surface area (Å²) in [4.78, 5) is 0. The zero-order chi connectivity index (χ0) is 23.4. The van der Waals surface area contributed by atoms with Crippen LogP contribution in [-0.4, -0.2) is 4.57 Å². The molecule has 3 heteroatoms. The van der Waals surface area contributed by atoms with E-state index in [4.69, 9.17) is 4.42 Å². The van der Waals surface area contributed by atoms with Crippen LogP contribution in [0.5, 0.6) is 0 Å². The lowest BCUT2D eigenvalue weighted by molar-refractivity contribution is 0.670. The number of fused-ring (bicyclic) bond motifs is 6. The Balaban J connectivity index is 1.62. The van der Waals surface area contributed by atoms with Crippen LogP contribution in [0.25, 0.3) is 55.7 Å². The molecule has 0 spiro atoms. The van der Waals surface area contributed by atoms with Gasteiger partial charge in [0.25, 0.3) is 0 Å². The van der Waals surface area contributed by atoms with Crippen LogP contribution >= 0.6 is 0 Å². The third kappa shape index (κ3) is 2.84. The summed E-state index contributed by atoms with van der Waals surface area (Å²) in [6, 6.07) is 31.2. The number of hydrogen-bond donors (Lipinski definition) is 0. The Bertz CT molecular complexity index is 1890. The van der Waals surface area contributed by atoms with Crippen LogP contribution in [0, 0.1) is 11.3 Å². The smallest absolute Gasteiger partial charge is 0.143 e. The van der Waals surface area contributed by atoms with Crippen molar-refractivity contribution in [3.63, 3.8) is 0 Å². The average Bonchev–Trinajstić information content (AvgIpc) is 3.33. The predicted octanol–water partition coefficient (Wildman–Crippen LogP) is 8.19. The molecule has 3 nitrogen and oxygen atoms in total. The van der Waals surface area contributed by atoms with Crippen molar-refractivity contribution >= 4 is 38.9 Å². The van der Waals surface area contributed by atoms with Crippen molar-refractivity contribution < 1.29 is 4.42 Å². The lowest BCUT2D eigenvalue weighted by Crippen LogP contribution is -2.02. The van der Waals surface area contributed by atoms with Crippen molar-refractivity contribution in [2.24, 2.45) is 0 Å². The van der Waals surface area contributed by atoms with Gasteiger partial charge in [0.1, 0.15) is 11.2 Å². The maximum Gasteiger partial charge on any atom is 0.143 e. The molecule has 7 rings (SSSR count). The van der Waals surface area contributed by atoms with Crippen molar-refractivity contribution in [3.05, 3.63) is 120 Å². The largest absolute Gasteiger partial charge is 0.455 e. The summed E-state index contributed by atoms with van der Waals surface area (Å²) in [5.74, 6) is 0. The summed E-state index contributed by atoms with van der Waals surface area (Å²) in [5.41, 5.74) is 8.62. The van der Waals surface area contributed by atoms with Gasteiger partial charge in [-0.2, -0.15) is 5.26 Å². The molecule has 0 saturated heterocycles. The predicted molar refractivity (Wildman–Crippen MR) is 143 cm³/mol. The Hall–Kier alpha value is -4.81. The third-order valence-electron chi connectivity index (χ3n) is 6.92. The molecule has 35 heavy (non-hydrogen) atoms. The van der Waals surface area contributed by atoms with Gasteiger partial charge < -0.3 is 8.98 Å². The van der Waals surface area contributed by atoms with E-state index in [2.05, 4.69) is 89.5 Å². The minimum atomic E-state index is 0.623. The number of allylic oxidation sites excluding steroid dienone is 3. The molecule has 0 fully saturated rings. The van der Waals surface area contributed by atoms with Gasteiger partial charge in [-0.25, -0.2) is 0 Å². The highest BCUT2D eigenvalue weighted by molar-refractivity contribution is 6.10. The summed E-state index contributed by atoms with van der Waals surface area (Å²) < 4.78 is 8.68. The van der Waals surface area contributed by atoms with Gasteiger partial charge in [-0.3, -0.25) is 0 Å². The van der Waals surface area contributed by atoms with Crippen LogP contribution in [-0.2, 0) is 6.42 Å². The molecule has 0 atom stereocenters. The maximum atomic E-state index is 10.2. The zero-order valence-corrected chi connectivity index (χ0v) is 18.9. The van der Waals surface area contributed by atoms with E-state index in [1.807, 2.05) is 30.3 Å². The van der Waals surface area contributed by atoms with Gasteiger partial charge in [0.2, 0.25) is 0 Å². The number of nitrogens with zero attached hydrogens (tertiary/aromatic N) is 2. The Morgan fingerprint density at radius 2 is 1.57 bits per heavy atom. The van der Waals surface area contributed by atoms with E-state index in [1.165, 1.54) is 10.9 Å². The summed E-state index contributed by atoms with van der Waals surface area (Å²) in [6.07, 6.45) is 9.42. The molecule has 164 valence electrons. The molecule has 0 radical (unpaired) electrons. The van der Waals surface area contributed by atoms with Crippen molar-refractivity contribution in [3.8, 4) is 22.9 Å². The Labute approximate surface area is 202 Å². The molecule has 6 aromatic rings. The van der Waals surface area contributed by atoms with E-state index in [1.54, 1.807) is 0 Å². The second-order valence-electron chi connectivity index (χ2n) is 8.80. The van der Waals surface area contributed by atoms with E-state index in [0.29, 0.717) is 5.56 Å². The number of furan rings is 1. The molecule has 0 saturated carbocycles. The van der Waals surface area contributed by atoms with Gasteiger partial charge in [-0.1, -0.05) is 78.9 Å². The molecule has 1 aliphatic carbocycles. The molecule has 0 bridgehead atoms. The quantitative estimate of drug-likeness (QED) is 0.268.